The summed E-state index contributed by atoms with van der Waals surface area (Å²) >= 11 is 5.96. The fourth-order valence-electron chi connectivity index (χ4n) is 3.89. The molecule has 0 radical (unpaired) electrons. The Morgan fingerprint density at radius 2 is 1.80 bits per heavy atom. The Bertz CT molecular complexity index is 1350. The third kappa shape index (κ3) is 6.28. The SMILES string of the molecule is Cc1ccc(C)c(OCC(=O)NCCCc2nc3ccccc3n2CC(=O)c2ccc(Cl)cc2)c1. The number of hydrogen-bond acceptors (Lipinski definition) is 4. The van der Waals surface area contributed by atoms with Crippen molar-refractivity contribution in [3.63, 3.8) is 0 Å². The van der Waals surface area contributed by atoms with Gasteiger partial charge in [0.1, 0.15) is 11.6 Å². The zero-order valence-electron chi connectivity index (χ0n) is 19.9. The summed E-state index contributed by atoms with van der Waals surface area (Å²) in [5, 5.41) is 3.50. The van der Waals surface area contributed by atoms with Crippen molar-refractivity contribution in [2.24, 2.45) is 0 Å². The summed E-state index contributed by atoms with van der Waals surface area (Å²) < 4.78 is 7.63. The quantitative estimate of drug-likeness (QED) is 0.242. The first kappa shape index (κ1) is 24.5. The molecule has 4 rings (SSSR count). The van der Waals surface area contributed by atoms with Crippen LogP contribution >= 0.6 is 11.6 Å². The first-order valence-corrected chi connectivity index (χ1v) is 12.0. The van der Waals surface area contributed by atoms with Crippen LogP contribution < -0.4 is 10.1 Å². The second kappa shape index (κ2) is 11.2. The highest BCUT2D eigenvalue weighted by Crippen LogP contribution is 2.20. The Morgan fingerprint density at radius 3 is 2.60 bits per heavy atom. The van der Waals surface area contributed by atoms with Crippen molar-refractivity contribution in [3.05, 3.63) is 94.3 Å². The molecule has 1 heterocycles. The number of aryl methyl sites for hydroxylation is 3. The molecule has 0 aliphatic carbocycles. The zero-order valence-corrected chi connectivity index (χ0v) is 20.6. The molecule has 1 aromatic heterocycles. The predicted octanol–water partition coefficient (Wildman–Crippen LogP) is 5.32. The molecule has 3 aromatic carbocycles. The zero-order chi connectivity index (χ0) is 24.8. The van der Waals surface area contributed by atoms with E-state index in [0.717, 1.165) is 33.7 Å². The molecule has 35 heavy (non-hydrogen) atoms. The van der Waals surface area contributed by atoms with E-state index >= 15 is 0 Å². The highest BCUT2D eigenvalue weighted by atomic mass is 35.5. The summed E-state index contributed by atoms with van der Waals surface area (Å²) in [6, 6.07) is 20.6. The van der Waals surface area contributed by atoms with Crippen molar-refractivity contribution in [1.82, 2.24) is 14.9 Å². The standard InChI is InChI=1S/C28H28ClN3O3/c1-19-9-10-20(2)26(16-19)35-18-28(34)30-15-5-8-27-31-23-6-3-4-7-24(23)32(27)17-25(33)21-11-13-22(29)14-12-21/h3-4,6-7,9-14,16H,5,8,15,17-18H2,1-2H3,(H,30,34). The van der Waals surface area contributed by atoms with Crippen LogP contribution in [0.2, 0.25) is 5.02 Å². The number of ketones is 1. The number of rotatable bonds is 10. The molecular formula is C28H28ClN3O3. The number of Topliss-reactive ketones (excluding diaryl/α,β-unsaturated/α-hetero) is 1. The lowest BCUT2D eigenvalue weighted by molar-refractivity contribution is -0.123. The number of halogens is 1. The Morgan fingerprint density at radius 1 is 1.03 bits per heavy atom. The molecule has 1 N–H and O–H groups in total. The second-order valence-corrected chi connectivity index (χ2v) is 8.98. The summed E-state index contributed by atoms with van der Waals surface area (Å²) in [5.74, 6) is 1.36. The van der Waals surface area contributed by atoms with E-state index in [0.29, 0.717) is 30.0 Å². The van der Waals surface area contributed by atoms with Gasteiger partial charge in [0, 0.05) is 23.6 Å². The maximum Gasteiger partial charge on any atom is 0.257 e. The van der Waals surface area contributed by atoms with E-state index in [1.807, 2.05) is 60.9 Å². The maximum atomic E-state index is 12.9. The lowest BCUT2D eigenvalue weighted by Crippen LogP contribution is -2.30. The smallest absolute Gasteiger partial charge is 0.257 e. The van der Waals surface area contributed by atoms with Crippen LogP contribution in [0.3, 0.4) is 0 Å². The number of carbonyl (C=O) groups is 2. The number of para-hydroxylation sites is 2. The van der Waals surface area contributed by atoms with Crippen molar-refractivity contribution >= 4 is 34.3 Å². The van der Waals surface area contributed by atoms with Crippen LogP contribution in [0.15, 0.2) is 66.7 Å². The van der Waals surface area contributed by atoms with Gasteiger partial charge in [-0.3, -0.25) is 9.59 Å². The number of nitrogens with zero attached hydrogens (tertiary/aromatic N) is 2. The average Bonchev–Trinajstić information content (AvgIpc) is 3.20. The van der Waals surface area contributed by atoms with Crippen molar-refractivity contribution in [1.29, 1.82) is 0 Å². The van der Waals surface area contributed by atoms with Gasteiger partial charge in [-0.15, -0.1) is 0 Å². The van der Waals surface area contributed by atoms with E-state index in [9.17, 15) is 9.59 Å². The molecule has 0 aliphatic rings. The molecule has 0 fully saturated rings. The van der Waals surface area contributed by atoms with E-state index in [1.165, 1.54) is 0 Å². The molecule has 0 atom stereocenters. The number of carbonyl (C=O) groups excluding carboxylic acids is 2. The molecule has 0 saturated heterocycles. The van der Waals surface area contributed by atoms with Gasteiger partial charge in [-0.05, 0) is 73.9 Å². The van der Waals surface area contributed by atoms with Crippen LogP contribution in [0.4, 0.5) is 0 Å². The molecule has 7 heteroatoms. The van der Waals surface area contributed by atoms with Crippen molar-refractivity contribution in [2.45, 2.75) is 33.2 Å². The number of aromatic nitrogens is 2. The van der Waals surface area contributed by atoms with Crippen LogP contribution in [0, 0.1) is 13.8 Å². The molecule has 0 aliphatic heterocycles. The topological polar surface area (TPSA) is 73.2 Å². The normalized spacial score (nSPS) is 10.9. The Hall–Kier alpha value is -3.64. The summed E-state index contributed by atoms with van der Waals surface area (Å²) in [4.78, 5) is 29.9. The lowest BCUT2D eigenvalue weighted by atomic mass is 10.1. The van der Waals surface area contributed by atoms with Crippen LogP contribution in [0.5, 0.6) is 5.75 Å². The van der Waals surface area contributed by atoms with Gasteiger partial charge in [0.05, 0.1) is 17.6 Å². The van der Waals surface area contributed by atoms with E-state index < -0.39 is 0 Å². The molecule has 6 nitrogen and oxygen atoms in total. The van der Waals surface area contributed by atoms with E-state index in [1.54, 1.807) is 24.3 Å². The first-order valence-electron chi connectivity index (χ1n) is 11.6. The van der Waals surface area contributed by atoms with Gasteiger partial charge >= 0.3 is 0 Å². The molecule has 1 amide bonds. The minimum absolute atomic E-state index is 0.0111. The summed E-state index contributed by atoms with van der Waals surface area (Å²) in [6.45, 7) is 4.59. The van der Waals surface area contributed by atoms with Gasteiger partial charge in [0.15, 0.2) is 12.4 Å². The van der Waals surface area contributed by atoms with Gasteiger partial charge in [-0.1, -0.05) is 35.9 Å². The first-order chi connectivity index (χ1) is 16.9. The molecule has 0 spiro atoms. The van der Waals surface area contributed by atoms with Gasteiger partial charge in [-0.2, -0.15) is 0 Å². The van der Waals surface area contributed by atoms with E-state index in [-0.39, 0.29) is 24.8 Å². The van der Waals surface area contributed by atoms with Crippen LogP contribution in [0.1, 0.15) is 33.7 Å². The average molecular weight is 490 g/mol. The number of hydrogen-bond donors (Lipinski definition) is 1. The molecule has 180 valence electrons. The number of benzene rings is 3. The van der Waals surface area contributed by atoms with Crippen molar-refractivity contribution < 1.29 is 14.3 Å². The molecule has 0 saturated carbocycles. The third-order valence-electron chi connectivity index (χ3n) is 5.80. The fraction of sp³-hybridized carbons (Fsp3) is 0.250. The Balaban J connectivity index is 1.35. The summed E-state index contributed by atoms with van der Waals surface area (Å²) in [6.07, 6.45) is 1.31. The summed E-state index contributed by atoms with van der Waals surface area (Å²) in [5.41, 5.74) is 4.45. The molecule has 0 bridgehead atoms. The molecule has 4 aromatic rings. The number of imidazole rings is 1. The van der Waals surface area contributed by atoms with Crippen molar-refractivity contribution in [2.75, 3.05) is 13.2 Å². The number of nitrogens with one attached hydrogen (secondary N) is 1. The Labute approximate surface area is 209 Å². The number of ether oxygens (including phenoxy) is 1. The van der Waals surface area contributed by atoms with Gasteiger partial charge in [0.2, 0.25) is 0 Å². The lowest BCUT2D eigenvalue weighted by Gasteiger charge is -2.11. The fourth-order valence-corrected chi connectivity index (χ4v) is 4.02. The third-order valence-corrected chi connectivity index (χ3v) is 6.06. The maximum absolute atomic E-state index is 12.9. The monoisotopic (exact) mass is 489 g/mol. The minimum Gasteiger partial charge on any atom is -0.483 e. The van der Waals surface area contributed by atoms with Gasteiger partial charge < -0.3 is 14.6 Å². The largest absolute Gasteiger partial charge is 0.483 e. The summed E-state index contributed by atoms with van der Waals surface area (Å²) in [7, 11) is 0. The van der Waals surface area contributed by atoms with E-state index in [2.05, 4.69) is 5.32 Å². The van der Waals surface area contributed by atoms with Crippen molar-refractivity contribution in [3.8, 4) is 5.75 Å². The predicted molar refractivity (Wildman–Crippen MR) is 138 cm³/mol. The number of amides is 1. The van der Waals surface area contributed by atoms with Gasteiger partial charge in [-0.25, -0.2) is 4.98 Å². The molecular weight excluding hydrogens is 462 g/mol. The highest BCUT2D eigenvalue weighted by Gasteiger charge is 2.15. The van der Waals surface area contributed by atoms with Crippen LogP contribution in [-0.4, -0.2) is 34.4 Å². The van der Waals surface area contributed by atoms with Crippen LogP contribution in [-0.2, 0) is 17.8 Å². The molecule has 0 unspecified atom stereocenters. The highest BCUT2D eigenvalue weighted by molar-refractivity contribution is 6.30. The van der Waals surface area contributed by atoms with Crippen LogP contribution in [0.25, 0.3) is 11.0 Å². The van der Waals surface area contributed by atoms with Gasteiger partial charge in [0.25, 0.3) is 5.91 Å². The second-order valence-electron chi connectivity index (χ2n) is 8.54. The minimum atomic E-state index is -0.169. The number of fused-ring (bicyclic) bond motifs is 1. The van der Waals surface area contributed by atoms with E-state index in [4.69, 9.17) is 21.3 Å². The Kier molecular flexibility index (Phi) is 7.83.